The number of benzene rings is 11. The molecule has 60 heavy (non-hydrogen) atoms. The highest BCUT2D eigenvalue weighted by Gasteiger charge is 2.35. The monoisotopic (exact) mass is 763 g/mol. The summed E-state index contributed by atoms with van der Waals surface area (Å²) >= 11 is 0. The first-order chi connectivity index (χ1) is 29.5. The van der Waals surface area contributed by atoms with Gasteiger partial charge in [0.05, 0.1) is 11.4 Å². The molecule has 1 aliphatic carbocycles. The Morgan fingerprint density at radius 1 is 0.317 bits per heavy atom. The summed E-state index contributed by atoms with van der Waals surface area (Å²) in [5, 5.41) is 12.4. The lowest BCUT2D eigenvalue weighted by molar-refractivity contribution is 0.660. The summed E-state index contributed by atoms with van der Waals surface area (Å²) in [5.74, 6) is 0. The first kappa shape index (κ1) is 34.6. The van der Waals surface area contributed by atoms with Crippen LogP contribution in [0.25, 0.3) is 87.2 Å². The number of nitrogens with zero attached hydrogens (tertiary/aromatic N) is 1. The van der Waals surface area contributed by atoms with E-state index in [0.717, 1.165) is 17.1 Å². The molecule has 0 radical (unpaired) electrons. The highest BCUT2D eigenvalue weighted by atomic mass is 15.1. The average Bonchev–Trinajstić information content (AvgIpc) is 3.53. The Bertz CT molecular complexity index is 3430. The fraction of sp³-hybridized carbons (Fsp3) is 0.0508. The standard InChI is InChI=1S/C59H41N/c1-59(2)53-26-12-11-23-47(53)50-37-43(31-34-54(50)59)58-49-25-10-9-24-48(49)57(51-35-41-17-3-4-18-42(41)36-52(51)58)40-29-32-44(33-30-40)60(55-27-13-19-38-15-5-7-21-45(38)55)56-28-14-20-39-16-6-8-22-46(39)56/h3-37H,1-2H3. The van der Waals surface area contributed by atoms with Gasteiger partial charge < -0.3 is 4.90 Å². The molecule has 282 valence electrons. The summed E-state index contributed by atoms with van der Waals surface area (Å²) in [6.45, 7) is 4.72. The van der Waals surface area contributed by atoms with Crippen molar-refractivity contribution in [2.75, 3.05) is 4.90 Å². The Kier molecular flexibility index (Phi) is 7.65. The lowest BCUT2D eigenvalue weighted by Crippen LogP contribution is -2.14. The zero-order valence-electron chi connectivity index (χ0n) is 33.7. The van der Waals surface area contributed by atoms with Gasteiger partial charge in [0.15, 0.2) is 0 Å². The maximum absolute atomic E-state index is 2.46. The van der Waals surface area contributed by atoms with E-state index in [0.29, 0.717) is 0 Å². The van der Waals surface area contributed by atoms with E-state index < -0.39 is 0 Å². The first-order valence-electron chi connectivity index (χ1n) is 21.0. The van der Waals surface area contributed by atoms with Crippen LogP contribution in [0.1, 0.15) is 25.0 Å². The molecular weight excluding hydrogens is 723 g/mol. The summed E-state index contributed by atoms with van der Waals surface area (Å²) in [6, 6.07) is 78.8. The molecule has 0 spiro atoms. The average molecular weight is 764 g/mol. The third-order valence-electron chi connectivity index (χ3n) is 13.2. The van der Waals surface area contributed by atoms with Crippen molar-refractivity contribution in [1.29, 1.82) is 0 Å². The second-order valence-corrected chi connectivity index (χ2v) is 16.9. The van der Waals surface area contributed by atoms with Gasteiger partial charge in [0.2, 0.25) is 0 Å². The molecule has 1 nitrogen and oxygen atoms in total. The second-order valence-electron chi connectivity index (χ2n) is 16.9. The summed E-state index contributed by atoms with van der Waals surface area (Å²) in [6.07, 6.45) is 0. The molecular formula is C59H41N. The van der Waals surface area contributed by atoms with Crippen LogP contribution in [0.15, 0.2) is 212 Å². The third kappa shape index (κ3) is 5.19. The Balaban J connectivity index is 1.09. The van der Waals surface area contributed by atoms with E-state index in [1.165, 1.54) is 98.4 Å². The molecule has 0 unspecified atom stereocenters. The van der Waals surface area contributed by atoms with Crippen molar-refractivity contribution in [3.8, 4) is 33.4 Å². The van der Waals surface area contributed by atoms with Crippen LogP contribution in [0, 0.1) is 0 Å². The van der Waals surface area contributed by atoms with Crippen LogP contribution in [-0.2, 0) is 5.41 Å². The fourth-order valence-electron chi connectivity index (χ4n) is 10.4. The van der Waals surface area contributed by atoms with E-state index >= 15 is 0 Å². The Morgan fingerprint density at radius 2 is 0.767 bits per heavy atom. The SMILES string of the molecule is CC1(C)c2ccccc2-c2cc(-c3c4ccccc4c(-c4ccc(N(c5cccc6ccccc56)c5cccc6ccccc56)cc4)c4cc5ccccc5cc34)ccc21. The Labute approximate surface area is 350 Å². The lowest BCUT2D eigenvalue weighted by Gasteiger charge is -2.28. The van der Waals surface area contributed by atoms with Gasteiger partial charge in [-0.3, -0.25) is 0 Å². The first-order valence-corrected chi connectivity index (χ1v) is 21.0. The number of hydrogen-bond donors (Lipinski definition) is 0. The molecule has 0 amide bonds. The van der Waals surface area contributed by atoms with E-state index in [-0.39, 0.29) is 5.41 Å². The number of hydrogen-bond acceptors (Lipinski definition) is 1. The van der Waals surface area contributed by atoms with Crippen molar-refractivity contribution < 1.29 is 0 Å². The van der Waals surface area contributed by atoms with Crippen LogP contribution < -0.4 is 4.90 Å². The molecule has 11 aromatic carbocycles. The van der Waals surface area contributed by atoms with Crippen LogP contribution in [0.4, 0.5) is 17.1 Å². The van der Waals surface area contributed by atoms with Gasteiger partial charge in [0.25, 0.3) is 0 Å². The van der Waals surface area contributed by atoms with Gasteiger partial charge in [0, 0.05) is 21.9 Å². The number of anilines is 3. The predicted octanol–water partition coefficient (Wildman–Crippen LogP) is 16.6. The second kappa shape index (κ2) is 13.3. The summed E-state index contributed by atoms with van der Waals surface area (Å²) in [5.41, 5.74) is 13.9. The predicted molar refractivity (Wildman–Crippen MR) is 257 cm³/mol. The van der Waals surface area contributed by atoms with Crippen LogP contribution in [-0.4, -0.2) is 0 Å². The molecule has 12 rings (SSSR count). The summed E-state index contributed by atoms with van der Waals surface area (Å²) < 4.78 is 0. The maximum Gasteiger partial charge on any atom is 0.0540 e. The Hall–Kier alpha value is -7.48. The van der Waals surface area contributed by atoms with E-state index in [1.807, 2.05) is 0 Å². The van der Waals surface area contributed by atoms with Crippen molar-refractivity contribution in [3.05, 3.63) is 223 Å². The van der Waals surface area contributed by atoms with Gasteiger partial charge in [-0.05, 0) is 130 Å². The molecule has 0 atom stereocenters. The minimum absolute atomic E-state index is 0.0440. The van der Waals surface area contributed by atoms with Crippen molar-refractivity contribution >= 4 is 70.9 Å². The lowest BCUT2D eigenvalue weighted by atomic mass is 9.81. The van der Waals surface area contributed by atoms with Crippen LogP contribution >= 0.6 is 0 Å². The minimum atomic E-state index is -0.0440. The zero-order valence-corrected chi connectivity index (χ0v) is 33.7. The number of rotatable bonds is 5. The quantitative estimate of drug-likeness (QED) is 0.158. The van der Waals surface area contributed by atoms with Crippen molar-refractivity contribution in [2.24, 2.45) is 0 Å². The molecule has 0 fully saturated rings. The van der Waals surface area contributed by atoms with Crippen molar-refractivity contribution in [2.45, 2.75) is 19.3 Å². The molecule has 0 aromatic heterocycles. The van der Waals surface area contributed by atoms with Gasteiger partial charge in [-0.25, -0.2) is 0 Å². The minimum Gasteiger partial charge on any atom is -0.309 e. The maximum atomic E-state index is 2.46. The molecule has 11 aromatic rings. The van der Waals surface area contributed by atoms with E-state index in [9.17, 15) is 0 Å². The zero-order chi connectivity index (χ0) is 40.0. The number of fused-ring (bicyclic) bond motifs is 8. The normalized spacial score (nSPS) is 13.0. The van der Waals surface area contributed by atoms with Crippen LogP contribution in [0.2, 0.25) is 0 Å². The van der Waals surface area contributed by atoms with E-state index in [4.69, 9.17) is 0 Å². The molecule has 0 heterocycles. The van der Waals surface area contributed by atoms with E-state index in [1.54, 1.807) is 0 Å². The van der Waals surface area contributed by atoms with Gasteiger partial charge >= 0.3 is 0 Å². The van der Waals surface area contributed by atoms with Crippen LogP contribution in [0.3, 0.4) is 0 Å². The Morgan fingerprint density at radius 3 is 1.37 bits per heavy atom. The summed E-state index contributed by atoms with van der Waals surface area (Å²) in [7, 11) is 0. The molecule has 0 saturated carbocycles. The van der Waals surface area contributed by atoms with Gasteiger partial charge in [0.1, 0.15) is 0 Å². The fourth-order valence-corrected chi connectivity index (χ4v) is 10.4. The smallest absolute Gasteiger partial charge is 0.0540 e. The molecule has 0 N–H and O–H groups in total. The van der Waals surface area contributed by atoms with Gasteiger partial charge in [-0.1, -0.05) is 184 Å². The molecule has 1 aliphatic rings. The van der Waals surface area contributed by atoms with Crippen molar-refractivity contribution in [1.82, 2.24) is 0 Å². The highest BCUT2D eigenvalue weighted by Crippen LogP contribution is 2.52. The molecule has 0 bridgehead atoms. The van der Waals surface area contributed by atoms with E-state index in [2.05, 4.69) is 231 Å². The van der Waals surface area contributed by atoms with Crippen LogP contribution in [0.5, 0.6) is 0 Å². The summed E-state index contributed by atoms with van der Waals surface area (Å²) in [4.78, 5) is 2.44. The van der Waals surface area contributed by atoms with Gasteiger partial charge in [-0.15, -0.1) is 0 Å². The molecule has 0 saturated heterocycles. The van der Waals surface area contributed by atoms with Crippen molar-refractivity contribution in [3.63, 3.8) is 0 Å². The topological polar surface area (TPSA) is 3.24 Å². The third-order valence-corrected chi connectivity index (χ3v) is 13.2. The molecule has 0 aliphatic heterocycles. The highest BCUT2D eigenvalue weighted by molar-refractivity contribution is 6.24. The van der Waals surface area contributed by atoms with Gasteiger partial charge in [-0.2, -0.15) is 0 Å². The molecule has 1 heteroatoms. The largest absolute Gasteiger partial charge is 0.309 e.